The minimum Gasteiger partial charge on any atom is -0.282 e. The molecule has 4 heteroatoms. The van der Waals surface area contributed by atoms with Crippen molar-refractivity contribution >= 4 is 39.0 Å². The van der Waals surface area contributed by atoms with Gasteiger partial charge in [-0.3, -0.25) is 4.40 Å². The first-order chi connectivity index (χ1) is 10.6. The molecular formula is C18H14IN3. The van der Waals surface area contributed by atoms with E-state index in [1.54, 1.807) is 0 Å². The lowest BCUT2D eigenvalue weighted by molar-refractivity contribution is 1.10. The molecule has 108 valence electrons. The van der Waals surface area contributed by atoms with E-state index in [0.717, 1.165) is 22.4 Å². The second kappa shape index (κ2) is 5.05. The molecule has 0 spiro atoms. The van der Waals surface area contributed by atoms with Crippen LogP contribution in [-0.2, 0) is 0 Å². The third kappa shape index (κ3) is 2.01. The van der Waals surface area contributed by atoms with E-state index >= 15 is 0 Å². The standard InChI is InChI=1S/C18H14IN3/c1-11-10-16(19)12(2)9-15(11)18-21-20-17-14-6-4-3-5-13(14)7-8-22(17)18/h3-10H,1-2H3. The Balaban J connectivity index is 2.05. The summed E-state index contributed by atoms with van der Waals surface area (Å²) in [6, 6.07) is 14.8. The zero-order chi connectivity index (χ0) is 15.3. The molecule has 0 unspecified atom stereocenters. The van der Waals surface area contributed by atoms with Crippen molar-refractivity contribution in [1.82, 2.24) is 14.6 Å². The molecule has 0 radical (unpaired) electrons. The first kappa shape index (κ1) is 13.7. The Morgan fingerprint density at radius 2 is 1.77 bits per heavy atom. The Labute approximate surface area is 142 Å². The van der Waals surface area contributed by atoms with Gasteiger partial charge in [0.25, 0.3) is 0 Å². The summed E-state index contributed by atoms with van der Waals surface area (Å²) in [6.45, 7) is 4.25. The first-order valence-electron chi connectivity index (χ1n) is 7.15. The average molecular weight is 399 g/mol. The third-order valence-corrected chi connectivity index (χ3v) is 5.21. The number of benzene rings is 2. The van der Waals surface area contributed by atoms with Gasteiger partial charge in [-0.2, -0.15) is 0 Å². The lowest BCUT2D eigenvalue weighted by Crippen LogP contribution is -1.94. The normalized spacial score (nSPS) is 11.4. The first-order valence-corrected chi connectivity index (χ1v) is 8.22. The van der Waals surface area contributed by atoms with Crippen molar-refractivity contribution in [3.8, 4) is 11.4 Å². The van der Waals surface area contributed by atoms with Gasteiger partial charge >= 0.3 is 0 Å². The van der Waals surface area contributed by atoms with Gasteiger partial charge in [-0.1, -0.05) is 24.3 Å². The zero-order valence-electron chi connectivity index (χ0n) is 12.3. The van der Waals surface area contributed by atoms with Crippen LogP contribution in [0.2, 0.25) is 0 Å². The lowest BCUT2D eigenvalue weighted by Gasteiger charge is -2.08. The zero-order valence-corrected chi connectivity index (χ0v) is 14.5. The van der Waals surface area contributed by atoms with Gasteiger partial charge in [0, 0.05) is 20.7 Å². The van der Waals surface area contributed by atoms with Crippen LogP contribution in [0, 0.1) is 17.4 Å². The maximum Gasteiger partial charge on any atom is 0.168 e. The highest BCUT2D eigenvalue weighted by atomic mass is 127. The van der Waals surface area contributed by atoms with Gasteiger partial charge in [-0.05, 0) is 71.2 Å². The van der Waals surface area contributed by atoms with Crippen LogP contribution in [0.5, 0.6) is 0 Å². The van der Waals surface area contributed by atoms with Crippen LogP contribution < -0.4 is 0 Å². The number of hydrogen-bond donors (Lipinski definition) is 0. The van der Waals surface area contributed by atoms with Crippen LogP contribution in [0.15, 0.2) is 48.7 Å². The van der Waals surface area contributed by atoms with Crippen LogP contribution in [0.4, 0.5) is 0 Å². The van der Waals surface area contributed by atoms with Gasteiger partial charge in [-0.25, -0.2) is 0 Å². The van der Waals surface area contributed by atoms with Crippen LogP contribution >= 0.6 is 22.6 Å². The molecule has 0 aliphatic heterocycles. The van der Waals surface area contributed by atoms with Crippen molar-refractivity contribution in [2.75, 3.05) is 0 Å². The van der Waals surface area contributed by atoms with Crippen molar-refractivity contribution in [3.63, 3.8) is 0 Å². The molecule has 0 atom stereocenters. The predicted octanol–water partition coefficient (Wildman–Crippen LogP) is 4.77. The number of fused-ring (bicyclic) bond motifs is 3. The van der Waals surface area contributed by atoms with Gasteiger partial charge in [0.2, 0.25) is 0 Å². The molecular weight excluding hydrogens is 385 g/mol. The Morgan fingerprint density at radius 1 is 0.955 bits per heavy atom. The molecule has 0 bridgehead atoms. The Hall–Kier alpha value is -1.95. The third-order valence-electron chi connectivity index (χ3n) is 4.05. The molecule has 0 saturated carbocycles. The van der Waals surface area contributed by atoms with E-state index in [9.17, 15) is 0 Å². The molecule has 0 N–H and O–H groups in total. The summed E-state index contributed by atoms with van der Waals surface area (Å²) < 4.78 is 3.36. The summed E-state index contributed by atoms with van der Waals surface area (Å²) in [5, 5.41) is 11.2. The molecule has 0 saturated heterocycles. The van der Waals surface area contributed by atoms with Gasteiger partial charge in [0.05, 0.1) is 0 Å². The number of aromatic nitrogens is 3. The van der Waals surface area contributed by atoms with E-state index in [2.05, 4.69) is 87.6 Å². The largest absolute Gasteiger partial charge is 0.282 e. The fraction of sp³-hybridized carbons (Fsp3) is 0.111. The highest BCUT2D eigenvalue weighted by Gasteiger charge is 2.13. The van der Waals surface area contributed by atoms with Gasteiger partial charge in [0.15, 0.2) is 11.5 Å². The quantitative estimate of drug-likeness (QED) is 0.432. The van der Waals surface area contributed by atoms with E-state index in [0.29, 0.717) is 0 Å². The maximum absolute atomic E-state index is 4.46. The van der Waals surface area contributed by atoms with E-state index in [1.807, 2.05) is 12.1 Å². The van der Waals surface area contributed by atoms with Crippen LogP contribution in [-0.4, -0.2) is 14.6 Å². The molecule has 0 aliphatic rings. The maximum atomic E-state index is 4.46. The molecule has 4 rings (SSSR count). The van der Waals surface area contributed by atoms with Crippen LogP contribution in [0.25, 0.3) is 27.8 Å². The van der Waals surface area contributed by atoms with E-state index in [4.69, 9.17) is 0 Å². The van der Waals surface area contributed by atoms with Crippen LogP contribution in [0.3, 0.4) is 0 Å². The predicted molar refractivity (Wildman–Crippen MR) is 98.1 cm³/mol. The van der Waals surface area contributed by atoms with Crippen molar-refractivity contribution in [1.29, 1.82) is 0 Å². The molecule has 0 amide bonds. The summed E-state index contributed by atoms with van der Waals surface area (Å²) in [7, 11) is 0. The number of aryl methyl sites for hydroxylation is 2. The number of halogens is 1. The number of rotatable bonds is 1. The molecule has 0 fully saturated rings. The van der Waals surface area contributed by atoms with E-state index in [1.165, 1.54) is 20.1 Å². The van der Waals surface area contributed by atoms with Crippen molar-refractivity contribution < 1.29 is 0 Å². The monoisotopic (exact) mass is 399 g/mol. The molecule has 2 aromatic heterocycles. The van der Waals surface area contributed by atoms with Crippen LogP contribution in [0.1, 0.15) is 11.1 Å². The topological polar surface area (TPSA) is 30.2 Å². The summed E-state index contributed by atoms with van der Waals surface area (Å²) in [5.41, 5.74) is 4.53. The smallest absolute Gasteiger partial charge is 0.168 e. The molecule has 2 aromatic carbocycles. The summed E-state index contributed by atoms with van der Waals surface area (Å²) >= 11 is 2.37. The van der Waals surface area contributed by atoms with Gasteiger partial charge < -0.3 is 0 Å². The Kier molecular flexibility index (Phi) is 3.14. The molecule has 3 nitrogen and oxygen atoms in total. The fourth-order valence-electron chi connectivity index (χ4n) is 2.82. The van der Waals surface area contributed by atoms with Crippen molar-refractivity contribution in [2.24, 2.45) is 0 Å². The number of hydrogen-bond acceptors (Lipinski definition) is 2. The highest BCUT2D eigenvalue weighted by molar-refractivity contribution is 14.1. The molecule has 0 aliphatic carbocycles. The molecule has 22 heavy (non-hydrogen) atoms. The minimum absolute atomic E-state index is 0.901. The van der Waals surface area contributed by atoms with Crippen molar-refractivity contribution in [3.05, 3.63) is 63.4 Å². The van der Waals surface area contributed by atoms with E-state index < -0.39 is 0 Å². The fourth-order valence-corrected chi connectivity index (χ4v) is 3.45. The lowest BCUT2D eigenvalue weighted by atomic mass is 10.1. The SMILES string of the molecule is Cc1cc(-c2nnc3c4ccccc4ccn23)c(C)cc1I. The summed E-state index contributed by atoms with van der Waals surface area (Å²) in [6.07, 6.45) is 2.06. The van der Waals surface area contributed by atoms with Gasteiger partial charge in [0.1, 0.15) is 0 Å². The second-order valence-corrected chi connectivity index (χ2v) is 6.70. The average Bonchev–Trinajstić information content (AvgIpc) is 2.95. The summed E-state index contributed by atoms with van der Waals surface area (Å²) in [5.74, 6) is 0.901. The Bertz CT molecular complexity index is 1020. The highest BCUT2D eigenvalue weighted by Crippen LogP contribution is 2.28. The minimum atomic E-state index is 0.901. The second-order valence-electron chi connectivity index (χ2n) is 5.54. The molecule has 2 heterocycles. The summed E-state index contributed by atoms with van der Waals surface area (Å²) in [4.78, 5) is 0. The number of nitrogens with zero attached hydrogens (tertiary/aromatic N) is 3. The Morgan fingerprint density at radius 3 is 2.64 bits per heavy atom. The van der Waals surface area contributed by atoms with Crippen molar-refractivity contribution in [2.45, 2.75) is 13.8 Å². The van der Waals surface area contributed by atoms with E-state index in [-0.39, 0.29) is 0 Å². The van der Waals surface area contributed by atoms with Gasteiger partial charge in [-0.15, -0.1) is 10.2 Å². The molecule has 4 aromatic rings. The number of pyridine rings is 1.